The van der Waals surface area contributed by atoms with Gasteiger partial charge >= 0.3 is 0 Å². The van der Waals surface area contributed by atoms with Crippen LogP contribution >= 0.6 is 0 Å². The zero-order chi connectivity index (χ0) is 13.5. The van der Waals surface area contributed by atoms with E-state index in [-0.39, 0.29) is 17.2 Å². The molecule has 0 radical (unpaired) electrons. The van der Waals surface area contributed by atoms with Gasteiger partial charge in [-0.1, -0.05) is 27.4 Å². The molecule has 0 aliphatic carbocycles. The lowest BCUT2D eigenvalue weighted by Crippen LogP contribution is -2.35. The van der Waals surface area contributed by atoms with Gasteiger partial charge in [0.1, 0.15) is 0 Å². The van der Waals surface area contributed by atoms with Crippen LogP contribution in [0.25, 0.3) is 0 Å². The number of carbonyl (C=O) groups is 2. The minimum atomic E-state index is -0.339. The largest absolute Gasteiger partial charge is 0.356 e. The SMILES string of the molecule is C=C(C)C(=O)NCCCCNC(=O)C(C)(C)C. The minimum absolute atomic E-state index is 0.0588. The van der Waals surface area contributed by atoms with Crippen molar-refractivity contribution in [2.24, 2.45) is 5.41 Å². The normalized spacial score (nSPS) is 10.8. The molecule has 0 fully saturated rings. The van der Waals surface area contributed by atoms with E-state index in [1.54, 1.807) is 6.92 Å². The summed E-state index contributed by atoms with van der Waals surface area (Å²) in [7, 11) is 0. The van der Waals surface area contributed by atoms with Crippen LogP contribution in [-0.4, -0.2) is 24.9 Å². The van der Waals surface area contributed by atoms with Crippen molar-refractivity contribution in [3.8, 4) is 0 Å². The molecular formula is C13H24N2O2. The van der Waals surface area contributed by atoms with E-state index in [2.05, 4.69) is 17.2 Å². The summed E-state index contributed by atoms with van der Waals surface area (Å²) in [5, 5.41) is 5.61. The molecule has 98 valence electrons. The topological polar surface area (TPSA) is 58.2 Å². The van der Waals surface area contributed by atoms with E-state index >= 15 is 0 Å². The molecule has 4 heteroatoms. The highest BCUT2D eigenvalue weighted by Gasteiger charge is 2.19. The van der Waals surface area contributed by atoms with Crippen LogP contribution in [0.3, 0.4) is 0 Å². The second-order valence-electron chi connectivity index (χ2n) is 5.25. The molecule has 2 N–H and O–H groups in total. The Bertz CT molecular complexity index is 290. The second kappa shape index (κ2) is 7.09. The van der Waals surface area contributed by atoms with E-state index in [4.69, 9.17) is 0 Å². The fourth-order valence-corrected chi connectivity index (χ4v) is 1.07. The van der Waals surface area contributed by atoms with Gasteiger partial charge < -0.3 is 10.6 Å². The summed E-state index contributed by atoms with van der Waals surface area (Å²) in [6.07, 6.45) is 1.71. The van der Waals surface area contributed by atoms with Gasteiger partial charge in [0.2, 0.25) is 11.8 Å². The highest BCUT2D eigenvalue weighted by molar-refractivity contribution is 5.92. The molecule has 0 saturated heterocycles. The Hall–Kier alpha value is -1.32. The first-order valence-electron chi connectivity index (χ1n) is 5.97. The number of hydrogen-bond donors (Lipinski definition) is 2. The van der Waals surface area contributed by atoms with Gasteiger partial charge in [0, 0.05) is 24.1 Å². The van der Waals surface area contributed by atoms with Crippen LogP contribution in [0.4, 0.5) is 0 Å². The first kappa shape index (κ1) is 15.7. The Balaban J connectivity index is 3.51. The van der Waals surface area contributed by atoms with Crippen molar-refractivity contribution in [2.45, 2.75) is 40.5 Å². The van der Waals surface area contributed by atoms with E-state index < -0.39 is 0 Å². The summed E-state index contributed by atoms with van der Waals surface area (Å²) < 4.78 is 0. The van der Waals surface area contributed by atoms with Gasteiger partial charge in [-0.05, 0) is 19.8 Å². The van der Waals surface area contributed by atoms with E-state index in [1.807, 2.05) is 20.8 Å². The monoisotopic (exact) mass is 240 g/mol. The van der Waals surface area contributed by atoms with Crippen LogP contribution in [-0.2, 0) is 9.59 Å². The number of unbranched alkanes of at least 4 members (excludes halogenated alkanes) is 1. The molecule has 0 spiro atoms. The summed E-state index contributed by atoms with van der Waals surface area (Å²) in [5.74, 6) is -0.0489. The Morgan fingerprint density at radius 2 is 1.53 bits per heavy atom. The van der Waals surface area contributed by atoms with Crippen LogP contribution < -0.4 is 10.6 Å². The van der Waals surface area contributed by atoms with Crippen molar-refractivity contribution in [3.05, 3.63) is 12.2 Å². The third kappa shape index (κ3) is 7.55. The van der Waals surface area contributed by atoms with Crippen LogP contribution in [0, 0.1) is 5.41 Å². The molecule has 2 amide bonds. The minimum Gasteiger partial charge on any atom is -0.356 e. The molecule has 0 saturated carbocycles. The summed E-state index contributed by atoms with van der Waals surface area (Å²) in [6.45, 7) is 12.2. The van der Waals surface area contributed by atoms with Crippen LogP contribution in [0.15, 0.2) is 12.2 Å². The van der Waals surface area contributed by atoms with Crippen LogP contribution in [0.2, 0.25) is 0 Å². The van der Waals surface area contributed by atoms with Crippen molar-refractivity contribution in [1.82, 2.24) is 10.6 Å². The predicted octanol–water partition coefficient (Wildman–Crippen LogP) is 1.62. The van der Waals surface area contributed by atoms with Gasteiger partial charge in [0.25, 0.3) is 0 Å². The molecule has 0 bridgehead atoms. The molecule has 17 heavy (non-hydrogen) atoms. The fourth-order valence-electron chi connectivity index (χ4n) is 1.07. The molecule has 0 unspecified atom stereocenters. The lowest BCUT2D eigenvalue weighted by Gasteiger charge is -2.17. The smallest absolute Gasteiger partial charge is 0.246 e. The Labute approximate surface area is 104 Å². The maximum atomic E-state index is 11.5. The third-order valence-corrected chi connectivity index (χ3v) is 2.24. The van der Waals surface area contributed by atoms with Gasteiger partial charge in [0.05, 0.1) is 0 Å². The van der Waals surface area contributed by atoms with Crippen LogP contribution in [0.1, 0.15) is 40.5 Å². The average Bonchev–Trinajstić information content (AvgIpc) is 2.20. The highest BCUT2D eigenvalue weighted by atomic mass is 16.2. The van der Waals surface area contributed by atoms with Crippen molar-refractivity contribution in [3.63, 3.8) is 0 Å². The van der Waals surface area contributed by atoms with E-state index in [1.165, 1.54) is 0 Å². The highest BCUT2D eigenvalue weighted by Crippen LogP contribution is 2.12. The summed E-state index contributed by atoms with van der Waals surface area (Å²) >= 11 is 0. The summed E-state index contributed by atoms with van der Waals surface area (Å²) in [6, 6.07) is 0. The molecule has 0 aliphatic heterocycles. The zero-order valence-electron chi connectivity index (χ0n) is 11.4. The van der Waals surface area contributed by atoms with Crippen LogP contribution in [0.5, 0.6) is 0 Å². The molecular weight excluding hydrogens is 216 g/mol. The quantitative estimate of drug-likeness (QED) is 0.547. The summed E-state index contributed by atoms with van der Waals surface area (Å²) in [5.41, 5.74) is 0.180. The van der Waals surface area contributed by atoms with Crippen molar-refractivity contribution in [2.75, 3.05) is 13.1 Å². The van der Waals surface area contributed by atoms with E-state index in [0.29, 0.717) is 18.7 Å². The van der Waals surface area contributed by atoms with Crippen molar-refractivity contribution < 1.29 is 9.59 Å². The maximum Gasteiger partial charge on any atom is 0.246 e. The molecule has 0 aliphatic rings. The summed E-state index contributed by atoms with van der Waals surface area (Å²) in [4.78, 5) is 22.6. The number of hydrogen-bond acceptors (Lipinski definition) is 2. The molecule has 4 nitrogen and oxygen atoms in total. The molecule has 0 aromatic rings. The molecule has 0 atom stereocenters. The zero-order valence-corrected chi connectivity index (χ0v) is 11.4. The maximum absolute atomic E-state index is 11.5. The molecule has 0 heterocycles. The molecule has 0 aromatic carbocycles. The van der Waals surface area contributed by atoms with E-state index in [0.717, 1.165) is 12.8 Å². The van der Waals surface area contributed by atoms with Gasteiger partial charge in [0.15, 0.2) is 0 Å². The van der Waals surface area contributed by atoms with Crippen molar-refractivity contribution in [1.29, 1.82) is 0 Å². The second-order valence-corrected chi connectivity index (χ2v) is 5.25. The van der Waals surface area contributed by atoms with Gasteiger partial charge in [-0.3, -0.25) is 9.59 Å². The average molecular weight is 240 g/mol. The van der Waals surface area contributed by atoms with E-state index in [9.17, 15) is 9.59 Å². The van der Waals surface area contributed by atoms with Crippen molar-refractivity contribution >= 4 is 11.8 Å². The van der Waals surface area contributed by atoms with Gasteiger partial charge in [-0.2, -0.15) is 0 Å². The molecule has 0 rings (SSSR count). The lowest BCUT2D eigenvalue weighted by atomic mass is 9.96. The first-order valence-corrected chi connectivity index (χ1v) is 5.97. The van der Waals surface area contributed by atoms with Gasteiger partial charge in [-0.25, -0.2) is 0 Å². The number of rotatable bonds is 6. The first-order chi connectivity index (χ1) is 7.75. The Kier molecular flexibility index (Phi) is 6.54. The number of carbonyl (C=O) groups excluding carboxylic acids is 2. The standard InChI is InChI=1S/C13H24N2O2/c1-10(2)11(16)14-8-6-7-9-15-12(17)13(3,4)5/h1,6-9H2,2-5H3,(H,14,16)(H,15,17). The Morgan fingerprint density at radius 3 is 1.94 bits per heavy atom. The number of nitrogens with one attached hydrogen (secondary N) is 2. The third-order valence-electron chi connectivity index (χ3n) is 2.24. The lowest BCUT2D eigenvalue weighted by molar-refractivity contribution is -0.128. The Morgan fingerprint density at radius 1 is 1.06 bits per heavy atom. The fraction of sp³-hybridized carbons (Fsp3) is 0.692. The predicted molar refractivity (Wildman–Crippen MR) is 69.5 cm³/mol. The number of amides is 2. The molecule has 0 aromatic heterocycles. The van der Waals surface area contributed by atoms with Gasteiger partial charge in [-0.15, -0.1) is 0 Å².